The van der Waals surface area contributed by atoms with E-state index >= 15 is 0 Å². The van der Waals surface area contributed by atoms with Crippen LogP contribution < -0.4 is 4.90 Å². The summed E-state index contributed by atoms with van der Waals surface area (Å²) in [6.45, 7) is 4.65. The van der Waals surface area contributed by atoms with Crippen molar-refractivity contribution in [3.63, 3.8) is 0 Å². The zero-order chi connectivity index (χ0) is 14.7. The number of anilines is 1. The molecular weight excluding hydrogens is 267 g/mol. The molecule has 1 saturated carbocycles. The van der Waals surface area contributed by atoms with Gasteiger partial charge in [0, 0.05) is 38.4 Å². The number of rotatable bonds is 3. The SMILES string of the molecule is OC1(CN2CCN(c3ccc(F)cc3)CC2)CCCCC1. The van der Waals surface area contributed by atoms with Gasteiger partial charge >= 0.3 is 0 Å². The van der Waals surface area contributed by atoms with E-state index in [4.69, 9.17) is 0 Å². The summed E-state index contributed by atoms with van der Waals surface area (Å²) in [5.74, 6) is -0.183. The van der Waals surface area contributed by atoms with E-state index in [0.717, 1.165) is 64.1 Å². The van der Waals surface area contributed by atoms with Crippen LogP contribution in [-0.2, 0) is 0 Å². The average Bonchev–Trinajstić information content (AvgIpc) is 2.49. The van der Waals surface area contributed by atoms with Gasteiger partial charge in [0.1, 0.15) is 5.82 Å². The number of benzene rings is 1. The summed E-state index contributed by atoms with van der Waals surface area (Å²) in [5, 5.41) is 10.6. The van der Waals surface area contributed by atoms with Gasteiger partial charge in [0.05, 0.1) is 5.60 Å². The maximum atomic E-state index is 13.0. The van der Waals surface area contributed by atoms with Crippen LogP contribution in [0.4, 0.5) is 10.1 Å². The minimum atomic E-state index is -0.462. The molecule has 1 aliphatic carbocycles. The van der Waals surface area contributed by atoms with Crippen LogP contribution in [0.25, 0.3) is 0 Å². The highest BCUT2D eigenvalue weighted by Gasteiger charge is 2.32. The highest BCUT2D eigenvalue weighted by molar-refractivity contribution is 5.46. The second kappa shape index (κ2) is 6.32. The first-order valence-electron chi connectivity index (χ1n) is 8.10. The van der Waals surface area contributed by atoms with Gasteiger partial charge in [-0.2, -0.15) is 0 Å². The second-order valence-electron chi connectivity index (χ2n) is 6.52. The molecule has 3 rings (SSSR count). The molecule has 1 N–H and O–H groups in total. The topological polar surface area (TPSA) is 26.7 Å². The monoisotopic (exact) mass is 292 g/mol. The molecule has 4 heteroatoms. The molecule has 1 aromatic carbocycles. The summed E-state index contributed by atoms with van der Waals surface area (Å²) in [6.07, 6.45) is 5.48. The van der Waals surface area contributed by atoms with Gasteiger partial charge in [-0.05, 0) is 37.1 Å². The molecule has 0 radical (unpaired) electrons. The average molecular weight is 292 g/mol. The molecule has 116 valence electrons. The van der Waals surface area contributed by atoms with E-state index < -0.39 is 5.60 Å². The van der Waals surface area contributed by atoms with Crippen LogP contribution in [0.5, 0.6) is 0 Å². The molecule has 1 saturated heterocycles. The lowest BCUT2D eigenvalue weighted by atomic mass is 9.84. The van der Waals surface area contributed by atoms with Crippen LogP contribution in [0.15, 0.2) is 24.3 Å². The van der Waals surface area contributed by atoms with Crippen LogP contribution in [0, 0.1) is 5.82 Å². The fourth-order valence-corrected chi connectivity index (χ4v) is 3.60. The van der Waals surface area contributed by atoms with Crippen molar-refractivity contribution < 1.29 is 9.50 Å². The first-order chi connectivity index (χ1) is 10.1. The minimum Gasteiger partial charge on any atom is -0.389 e. The smallest absolute Gasteiger partial charge is 0.123 e. The maximum Gasteiger partial charge on any atom is 0.123 e. The molecule has 3 nitrogen and oxygen atoms in total. The molecule has 0 aromatic heterocycles. The van der Waals surface area contributed by atoms with Gasteiger partial charge in [0.25, 0.3) is 0 Å². The van der Waals surface area contributed by atoms with Gasteiger partial charge in [0.15, 0.2) is 0 Å². The standard InChI is InChI=1S/C17H25FN2O/c18-15-4-6-16(7-5-15)20-12-10-19(11-13-20)14-17(21)8-2-1-3-9-17/h4-7,21H,1-3,8-14H2. The Morgan fingerprint density at radius 1 is 0.952 bits per heavy atom. The van der Waals surface area contributed by atoms with E-state index in [1.807, 2.05) is 12.1 Å². The van der Waals surface area contributed by atoms with E-state index in [1.165, 1.54) is 18.6 Å². The van der Waals surface area contributed by atoms with Crippen LogP contribution in [-0.4, -0.2) is 48.3 Å². The summed E-state index contributed by atoms with van der Waals surface area (Å²) in [7, 11) is 0. The Labute approximate surface area is 126 Å². The Kier molecular flexibility index (Phi) is 4.45. The largest absolute Gasteiger partial charge is 0.389 e. The fraction of sp³-hybridized carbons (Fsp3) is 0.647. The molecule has 2 fully saturated rings. The van der Waals surface area contributed by atoms with Crippen LogP contribution in [0.2, 0.25) is 0 Å². The Hall–Kier alpha value is -1.13. The molecule has 21 heavy (non-hydrogen) atoms. The number of piperazine rings is 1. The summed E-state index contributed by atoms with van der Waals surface area (Å²) < 4.78 is 13.0. The summed E-state index contributed by atoms with van der Waals surface area (Å²) in [4.78, 5) is 4.67. The van der Waals surface area contributed by atoms with Gasteiger partial charge in [0.2, 0.25) is 0 Å². The van der Waals surface area contributed by atoms with Crippen molar-refractivity contribution in [3.05, 3.63) is 30.1 Å². The van der Waals surface area contributed by atoms with Crippen molar-refractivity contribution in [2.24, 2.45) is 0 Å². The first kappa shape index (κ1) is 14.8. The van der Waals surface area contributed by atoms with Crippen molar-refractivity contribution in [3.8, 4) is 0 Å². The lowest BCUT2D eigenvalue weighted by Gasteiger charge is -2.41. The third-order valence-electron chi connectivity index (χ3n) is 4.87. The Bertz CT molecular complexity index is 448. The van der Waals surface area contributed by atoms with Gasteiger partial charge < -0.3 is 10.0 Å². The number of aliphatic hydroxyl groups is 1. The van der Waals surface area contributed by atoms with Gasteiger partial charge in [-0.25, -0.2) is 4.39 Å². The minimum absolute atomic E-state index is 0.183. The number of hydrogen-bond donors (Lipinski definition) is 1. The van der Waals surface area contributed by atoms with E-state index in [-0.39, 0.29) is 5.82 Å². The Balaban J connectivity index is 1.51. The maximum absolute atomic E-state index is 13.0. The number of nitrogens with zero attached hydrogens (tertiary/aromatic N) is 2. The molecule has 1 aromatic rings. The third kappa shape index (κ3) is 3.74. The first-order valence-corrected chi connectivity index (χ1v) is 8.10. The van der Waals surface area contributed by atoms with Crippen molar-refractivity contribution in [2.75, 3.05) is 37.6 Å². The van der Waals surface area contributed by atoms with E-state index in [9.17, 15) is 9.50 Å². The summed E-state index contributed by atoms with van der Waals surface area (Å²) >= 11 is 0. The zero-order valence-electron chi connectivity index (χ0n) is 12.6. The van der Waals surface area contributed by atoms with Gasteiger partial charge in [-0.15, -0.1) is 0 Å². The van der Waals surface area contributed by atoms with E-state index in [1.54, 1.807) is 0 Å². The number of hydrogen-bond acceptors (Lipinski definition) is 3. The lowest BCUT2D eigenvalue weighted by molar-refractivity contribution is -0.0271. The third-order valence-corrected chi connectivity index (χ3v) is 4.87. The molecule has 2 aliphatic rings. The molecule has 0 amide bonds. The fourth-order valence-electron chi connectivity index (χ4n) is 3.60. The summed E-state index contributed by atoms with van der Waals surface area (Å²) in [6, 6.07) is 6.73. The van der Waals surface area contributed by atoms with E-state index in [2.05, 4.69) is 9.80 Å². The molecule has 0 atom stereocenters. The van der Waals surface area contributed by atoms with Crippen LogP contribution in [0.1, 0.15) is 32.1 Å². The predicted molar refractivity (Wildman–Crippen MR) is 83.1 cm³/mol. The second-order valence-corrected chi connectivity index (χ2v) is 6.52. The Morgan fingerprint density at radius 3 is 2.19 bits per heavy atom. The highest BCUT2D eigenvalue weighted by Crippen LogP contribution is 2.29. The molecule has 0 spiro atoms. The molecular formula is C17H25FN2O. The number of β-amino-alcohol motifs (C(OH)–C–C–N with tert-alkyl or cyclic N) is 1. The van der Waals surface area contributed by atoms with Crippen molar-refractivity contribution in [1.29, 1.82) is 0 Å². The highest BCUT2D eigenvalue weighted by atomic mass is 19.1. The molecule has 1 heterocycles. The summed E-state index contributed by atoms with van der Waals surface area (Å²) in [5.41, 5.74) is 0.628. The van der Waals surface area contributed by atoms with Crippen LogP contribution in [0.3, 0.4) is 0 Å². The molecule has 0 bridgehead atoms. The predicted octanol–water partition coefficient (Wildman–Crippen LogP) is 2.64. The number of halogens is 1. The van der Waals surface area contributed by atoms with Crippen molar-refractivity contribution >= 4 is 5.69 Å². The van der Waals surface area contributed by atoms with Crippen molar-refractivity contribution in [1.82, 2.24) is 4.90 Å². The van der Waals surface area contributed by atoms with Crippen molar-refractivity contribution in [2.45, 2.75) is 37.7 Å². The molecule has 1 aliphatic heterocycles. The normalized spacial score (nSPS) is 23.2. The van der Waals surface area contributed by atoms with Gasteiger partial charge in [-0.1, -0.05) is 19.3 Å². The Morgan fingerprint density at radius 2 is 1.57 bits per heavy atom. The molecule has 0 unspecified atom stereocenters. The quantitative estimate of drug-likeness (QED) is 0.928. The van der Waals surface area contributed by atoms with E-state index in [0.29, 0.717) is 0 Å². The van der Waals surface area contributed by atoms with Gasteiger partial charge in [-0.3, -0.25) is 4.90 Å². The van der Waals surface area contributed by atoms with Crippen LogP contribution >= 0.6 is 0 Å². The zero-order valence-corrected chi connectivity index (χ0v) is 12.6. The lowest BCUT2D eigenvalue weighted by Crippen LogP contribution is -2.52.